The molecule has 3 rings (SSSR count). The molecule has 4 atom stereocenters. The van der Waals surface area contributed by atoms with Gasteiger partial charge in [-0.25, -0.2) is 0 Å². The number of aryl methyl sites for hydroxylation is 1. The first-order valence-corrected chi connectivity index (χ1v) is 7.61. The average molecular weight is 260 g/mol. The van der Waals surface area contributed by atoms with Crippen molar-refractivity contribution in [3.8, 4) is 0 Å². The molecular formula is C17H24O2. The largest absolute Gasteiger partial charge is 0.393 e. The van der Waals surface area contributed by atoms with Gasteiger partial charge in [0, 0.05) is 5.92 Å². The summed E-state index contributed by atoms with van der Waals surface area (Å²) in [4.78, 5) is 0. The molecular weight excluding hydrogens is 236 g/mol. The summed E-state index contributed by atoms with van der Waals surface area (Å²) in [5, 5.41) is 10.5. The number of ether oxygens (including phenoxy) is 1. The second-order valence-corrected chi connectivity index (χ2v) is 6.23. The number of benzene rings is 1. The van der Waals surface area contributed by atoms with Crippen molar-refractivity contribution in [1.82, 2.24) is 0 Å². The van der Waals surface area contributed by atoms with E-state index in [2.05, 4.69) is 31.2 Å². The van der Waals surface area contributed by atoms with Crippen LogP contribution in [0.25, 0.3) is 0 Å². The highest BCUT2D eigenvalue weighted by molar-refractivity contribution is 5.32. The highest BCUT2D eigenvalue weighted by Crippen LogP contribution is 2.37. The van der Waals surface area contributed by atoms with Crippen LogP contribution in [0, 0.1) is 5.92 Å². The lowest BCUT2D eigenvalue weighted by Gasteiger charge is -2.28. The van der Waals surface area contributed by atoms with Crippen molar-refractivity contribution >= 4 is 0 Å². The average Bonchev–Trinajstić information content (AvgIpc) is 2.86. The fraction of sp³-hybridized carbons (Fsp3) is 0.647. The summed E-state index contributed by atoms with van der Waals surface area (Å²) in [6, 6.07) is 8.75. The van der Waals surface area contributed by atoms with Gasteiger partial charge in [0.05, 0.1) is 18.8 Å². The highest BCUT2D eigenvalue weighted by atomic mass is 16.5. The SMILES string of the molecule is CC1CC(C(O)CC2CCCc3ccccc32)CO1. The Hall–Kier alpha value is -0.860. The Morgan fingerprint density at radius 3 is 3.00 bits per heavy atom. The van der Waals surface area contributed by atoms with E-state index in [0.717, 1.165) is 19.4 Å². The lowest BCUT2D eigenvalue weighted by Crippen LogP contribution is -2.25. The summed E-state index contributed by atoms with van der Waals surface area (Å²) in [5.41, 5.74) is 2.96. The van der Waals surface area contributed by atoms with Crippen molar-refractivity contribution in [3.05, 3.63) is 35.4 Å². The molecule has 0 radical (unpaired) electrons. The van der Waals surface area contributed by atoms with E-state index in [1.165, 1.54) is 30.4 Å². The number of fused-ring (bicyclic) bond motifs is 1. The second-order valence-electron chi connectivity index (χ2n) is 6.23. The zero-order chi connectivity index (χ0) is 13.2. The molecule has 0 saturated carbocycles. The molecule has 1 aliphatic heterocycles. The summed E-state index contributed by atoms with van der Waals surface area (Å²) < 4.78 is 5.59. The minimum atomic E-state index is -0.207. The normalized spacial score (nSPS) is 32.0. The van der Waals surface area contributed by atoms with E-state index in [4.69, 9.17) is 4.74 Å². The fourth-order valence-electron chi connectivity index (χ4n) is 3.70. The van der Waals surface area contributed by atoms with Crippen LogP contribution in [0.1, 0.15) is 49.7 Å². The molecule has 1 N–H and O–H groups in total. The lowest BCUT2D eigenvalue weighted by atomic mass is 9.78. The van der Waals surface area contributed by atoms with Crippen LogP contribution < -0.4 is 0 Å². The molecule has 2 heteroatoms. The molecule has 2 aliphatic rings. The quantitative estimate of drug-likeness (QED) is 0.903. The van der Waals surface area contributed by atoms with E-state index < -0.39 is 0 Å². The van der Waals surface area contributed by atoms with Crippen LogP contribution in [-0.2, 0) is 11.2 Å². The Labute approximate surface area is 115 Å². The van der Waals surface area contributed by atoms with Gasteiger partial charge in [-0.05, 0) is 56.1 Å². The van der Waals surface area contributed by atoms with Gasteiger partial charge in [0.1, 0.15) is 0 Å². The zero-order valence-electron chi connectivity index (χ0n) is 11.7. The van der Waals surface area contributed by atoms with Crippen LogP contribution in [0.15, 0.2) is 24.3 Å². The van der Waals surface area contributed by atoms with Gasteiger partial charge in [-0.3, -0.25) is 0 Å². The molecule has 104 valence electrons. The summed E-state index contributed by atoms with van der Waals surface area (Å²) in [6.07, 6.45) is 5.70. The molecule has 1 heterocycles. The van der Waals surface area contributed by atoms with Crippen molar-refractivity contribution in [2.75, 3.05) is 6.61 Å². The molecule has 1 aliphatic carbocycles. The summed E-state index contributed by atoms with van der Waals surface area (Å²) in [6.45, 7) is 2.83. The number of hydrogen-bond acceptors (Lipinski definition) is 2. The molecule has 1 fully saturated rings. The maximum Gasteiger partial charge on any atom is 0.0597 e. The topological polar surface area (TPSA) is 29.5 Å². The van der Waals surface area contributed by atoms with Crippen molar-refractivity contribution in [1.29, 1.82) is 0 Å². The molecule has 4 unspecified atom stereocenters. The maximum atomic E-state index is 10.5. The molecule has 1 aromatic rings. The number of rotatable bonds is 3. The van der Waals surface area contributed by atoms with Gasteiger partial charge in [-0.1, -0.05) is 24.3 Å². The zero-order valence-corrected chi connectivity index (χ0v) is 11.7. The monoisotopic (exact) mass is 260 g/mol. The van der Waals surface area contributed by atoms with E-state index >= 15 is 0 Å². The third-order valence-corrected chi connectivity index (χ3v) is 4.79. The van der Waals surface area contributed by atoms with Crippen molar-refractivity contribution in [2.24, 2.45) is 5.92 Å². The minimum absolute atomic E-state index is 0.207. The first kappa shape index (κ1) is 13.1. The minimum Gasteiger partial charge on any atom is -0.393 e. The Morgan fingerprint density at radius 1 is 1.37 bits per heavy atom. The fourth-order valence-corrected chi connectivity index (χ4v) is 3.70. The van der Waals surface area contributed by atoms with Crippen LogP contribution in [0.5, 0.6) is 0 Å². The van der Waals surface area contributed by atoms with Crippen LogP contribution in [0.4, 0.5) is 0 Å². The van der Waals surface area contributed by atoms with Gasteiger partial charge in [0.2, 0.25) is 0 Å². The Bertz CT molecular complexity index is 429. The Kier molecular flexibility index (Phi) is 3.90. The molecule has 19 heavy (non-hydrogen) atoms. The first-order chi connectivity index (χ1) is 9.24. The Morgan fingerprint density at radius 2 is 2.21 bits per heavy atom. The van der Waals surface area contributed by atoms with Crippen molar-refractivity contribution in [3.63, 3.8) is 0 Å². The molecule has 2 nitrogen and oxygen atoms in total. The number of aliphatic hydroxyl groups excluding tert-OH is 1. The molecule has 1 aromatic carbocycles. The molecule has 0 amide bonds. The summed E-state index contributed by atoms with van der Waals surface area (Å²) in [7, 11) is 0. The van der Waals surface area contributed by atoms with Crippen LogP contribution >= 0.6 is 0 Å². The lowest BCUT2D eigenvalue weighted by molar-refractivity contribution is 0.0698. The van der Waals surface area contributed by atoms with Gasteiger partial charge in [0.25, 0.3) is 0 Å². The van der Waals surface area contributed by atoms with Crippen LogP contribution in [0.3, 0.4) is 0 Å². The summed E-state index contributed by atoms with van der Waals surface area (Å²) >= 11 is 0. The number of hydrogen-bond donors (Lipinski definition) is 1. The van der Waals surface area contributed by atoms with E-state index in [0.29, 0.717) is 17.9 Å². The van der Waals surface area contributed by atoms with Crippen LogP contribution in [0.2, 0.25) is 0 Å². The smallest absolute Gasteiger partial charge is 0.0597 e. The van der Waals surface area contributed by atoms with E-state index in [9.17, 15) is 5.11 Å². The van der Waals surface area contributed by atoms with Gasteiger partial charge >= 0.3 is 0 Å². The highest BCUT2D eigenvalue weighted by Gasteiger charge is 2.31. The van der Waals surface area contributed by atoms with Crippen LogP contribution in [-0.4, -0.2) is 23.9 Å². The summed E-state index contributed by atoms with van der Waals surface area (Å²) in [5.74, 6) is 0.875. The third-order valence-electron chi connectivity index (χ3n) is 4.79. The third kappa shape index (κ3) is 2.85. The second kappa shape index (κ2) is 5.64. The van der Waals surface area contributed by atoms with E-state index in [1.807, 2.05) is 0 Å². The standard InChI is InChI=1S/C17H24O2/c1-12-9-15(11-19-12)17(18)10-14-7-4-6-13-5-2-3-8-16(13)14/h2-3,5,8,12,14-15,17-18H,4,6-7,9-11H2,1H3. The molecule has 0 aromatic heterocycles. The van der Waals surface area contributed by atoms with Crippen molar-refractivity contribution < 1.29 is 9.84 Å². The molecule has 1 saturated heterocycles. The first-order valence-electron chi connectivity index (χ1n) is 7.61. The predicted octanol–water partition coefficient (Wildman–Crippen LogP) is 3.28. The van der Waals surface area contributed by atoms with E-state index in [-0.39, 0.29) is 6.10 Å². The van der Waals surface area contributed by atoms with Gasteiger partial charge < -0.3 is 9.84 Å². The predicted molar refractivity (Wildman–Crippen MR) is 76.3 cm³/mol. The number of aliphatic hydroxyl groups is 1. The van der Waals surface area contributed by atoms with Gasteiger partial charge in [-0.15, -0.1) is 0 Å². The molecule has 0 bridgehead atoms. The van der Waals surface area contributed by atoms with Gasteiger partial charge in [0.15, 0.2) is 0 Å². The van der Waals surface area contributed by atoms with Crippen molar-refractivity contribution in [2.45, 2.75) is 57.2 Å². The van der Waals surface area contributed by atoms with E-state index in [1.54, 1.807) is 0 Å². The Balaban J connectivity index is 1.67. The maximum absolute atomic E-state index is 10.5. The molecule has 0 spiro atoms. The van der Waals surface area contributed by atoms with Gasteiger partial charge in [-0.2, -0.15) is 0 Å².